The number of aliphatic hydroxyl groups excluding tert-OH is 1. The van der Waals surface area contributed by atoms with Gasteiger partial charge in [-0.05, 0) is 69.2 Å². The van der Waals surface area contributed by atoms with Crippen LogP contribution in [-0.4, -0.2) is 21.2 Å². The number of carbonyl (C=O) groups is 1. The fourth-order valence-corrected chi connectivity index (χ4v) is 2.82. The summed E-state index contributed by atoms with van der Waals surface area (Å²) in [6.45, 7) is 5.53. The summed E-state index contributed by atoms with van der Waals surface area (Å²) in [7, 11) is 1.77. The Balaban J connectivity index is 2.05. The van der Waals surface area contributed by atoms with Crippen LogP contribution in [0.2, 0.25) is 0 Å². The summed E-state index contributed by atoms with van der Waals surface area (Å²) in [6, 6.07) is 7.37. The Kier molecular flexibility index (Phi) is 6.01. The van der Waals surface area contributed by atoms with Gasteiger partial charge in [0.2, 0.25) is 0 Å². The predicted octanol–water partition coefficient (Wildman–Crippen LogP) is 3.09. The highest BCUT2D eigenvalue weighted by molar-refractivity contribution is 5.82. The Morgan fingerprint density at radius 2 is 1.92 bits per heavy atom. The highest BCUT2D eigenvalue weighted by Crippen LogP contribution is 2.17. The smallest absolute Gasteiger partial charge is 0.306 e. The average molecular weight is 345 g/mol. The standard InChI is InChI=1S/C20H27NO4/c1-20(2,3)25-18(23)8-6-5-7-16-12-15-11-14(13-22)9-10-17(15)19(24)21(16)4/h9-12,22H,5-8,13H2,1-4H3. The van der Waals surface area contributed by atoms with Crippen LogP contribution in [0.15, 0.2) is 29.1 Å². The van der Waals surface area contributed by atoms with Gasteiger partial charge in [0, 0.05) is 24.5 Å². The van der Waals surface area contributed by atoms with Gasteiger partial charge in [0.05, 0.1) is 6.61 Å². The number of benzene rings is 1. The van der Waals surface area contributed by atoms with Gasteiger partial charge in [0.15, 0.2) is 0 Å². The van der Waals surface area contributed by atoms with E-state index in [2.05, 4.69) is 0 Å². The molecule has 0 bridgehead atoms. The minimum absolute atomic E-state index is 0.0378. The molecule has 0 aliphatic carbocycles. The Labute approximate surface area is 148 Å². The van der Waals surface area contributed by atoms with Gasteiger partial charge in [-0.3, -0.25) is 9.59 Å². The molecule has 0 fully saturated rings. The Morgan fingerprint density at radius 1 is 1.20 bits per heavy atom. The molecule has 0 saturated carbocycles. The molecule has 0 radical (unpaired) electrons. The first-order valence-corrected chi connectivity index (χ1v) is 8.65. The lowest BCUT2D eigenvalue weighted by Gasteiger charge is -2.19. The molecule has 1 N–H and O–H groups in total. The SMILES string of the molecule is Cn1c(CCCCC(=O)OC(C)(C)C)cc2cc(CO)ccc2c1=O. The summed E-state index contributed by atoms with van der Waals surface area (Å²) in [6.07, 6.45) is 2.62. The molecule has 2 rings (SSSR count). The van der Waals surface area contributed by atoms with Crippen molar-refractivity contribution in [3.05, 3.63) is 45.9 Å². The summed E-state index contributed by atoms with van der Waals surface area (Å²) < 4.78 is 6.96. The average Bonchev–Trinajstić information content (AvgIpc) is 2.53. The molecule has 0 aliphatic heterocycles. The number of rotatable bonds is 6. The lowest BCUT2D eigenvalue weighted by atomic mass is 10.1. The fourth-order valence-electron chi connectivity index (χ4n) is 2.82. The normalized spacial score (nSPS) is 11.7. The van der Waals surface area contributed by atoms with E-state index in [1.54, 1.807) is 23.7 Å². The molecule has 0 aliphatic rings. The van der Waals surface area contributed by atoms with Crippen molar-refractivity contribution >= 4 is 16.7 Å². The van der Waals surface area contributed by atoms with Gasteiger partial charge in [-0.1, -0.05) is 6.07 Å². The Morgan fingerprint density at radius 3 is 2.56 bits per heavy atom. The van der Waals surface area contributed by atoms with Crippen molar-refractivity contribution in [1.29, 1.82) is 0 Å². The third kappa shape index (κ3) is 5.16. The van der Waals surface area contributed by atoms with Crippen LogP contribution in [-0.2, 0) is 29.6 Å². The number of fused-ring (bicyclic) bond motifs is 1. The molecule has 0 saturated heterocycles. The molecule has 0 unspecified atom stereocenters. The Hall–Kier alpha value is -2.14. The highest BCUT2D eigenvalue weighted by Gasteiger charge is 2.15. The minimum atomic E-state index is -0.455. The highest BCUT2D eigenvalue weighted by atomic mass is 16.6. The maximum Gasteiger partial charge on any atom is 0.306 e. The van der Waals surface area contributed by atoms with E-state index >= 15 is 0 Å². The van der Waals surface area contributed by atoms with Crippen LogP contribution in [0, 0.1) is 0 Å². The van der Waals surface area contributed by atoms with Crippen molar-refractivity contribution in [2.45, 2.75) is 58.7 Å². The predicted molar refractivity (Wildman–Crippen MR) is 98.5 cm³/mol. The van der Waals surface area contributed by atoms with E-state index in [-0.39, 0.29) is 18.1 Å². The summed E-state index contributed by atoms with van der Waals surface area (Å²) in [5, 5.41) is 10.8. The lowest BCUT2D eigenvalue weighted by molar-refractivity contribution is -0.154. The van der Waals surface area contributed by atoms with Crippen LogP contribution in [0.25, 0.3) is 10.8 Å². The number of hydrogen-bond acceptors (Lipinski definition) is 4. The number of carbonyl (C=O) groups excluding carboxylic acids is 1. The summed E-state index contributed by atoms with van der Waals surface area (Å²) in [4.78, 5) is 24.2. The van der Waals surface area contributed by atoms with Crippen molar-refractivity contribution in [3.8, 4) is 0 Å². The van der Waals surface area contributed by atoms with Crippen LogP contribution >= 0.6 is 0 Å². The van der Waals surface area contributed by atoms with E-state index in [0.29, 0.717) is 18.2 Å². The number of aryl methyl sites for hydroxylation is 1. The molecular weight excluding hydrogens is 318 g/mol. The third-order valence-electron chi connectivity index (χ3n) is 4.07. The molecule has 1 aromatic carbocycles. The van der Waals surface area contributed by atoms with Crippen molar-refractivity contribution in [2.24, 2.45) is 7.05 Å². The van der Waals surface area contributed by atoms with E-state index in [9.17, 15) is 14.7 Å². The van der Waals surface area contributed by atoms with Crippen LogP contribution in [0.3, 0.4) is 0 Å². The summed E-state index contributed by atoms with van der Waals surface area (Å²) in [5.74, 6) is -0.188. The van der Waals surface area contributed by atoms with E-state index < -0.39 is 5.60 Å². The van der Waals surface area contributed by atoms with Crippen molar-refractivity contribution < 1.29 is 14.6 Å². The van der Waals surface area contributed by atoms with Gasteiger partial charge in [-0.25, -0.2) is 0 Å². The molecule has 1 heterocycles. The largest absolute Gasteiger partial charge is 0.460 e. The maximum absolute atomic E-state index is 12.5. The van der Waals surface area contributed by atoms with Gasteiger partial charge in [-0.15, -0.1) is 0 Å². The maximum atomic E-state index is 12.5. The number of esters is 1. The van der Waals surface area contributed by atoms with Gasteiger partial charge in [0.25, 0.3) is 5.56 Å². The molecule has 0 spiro atoms. The molecule has 2 aromatic rings. The number of pyridine rings is 1. The number of hydrogen-bond donors (Lipinski definition) is 1. The Bertz CT molecular complexity index is 815. The summed E-state index contributed by atoms with van der Waals surface area (Å²) in [5.41, 5.74) is 1.22. The fraction of sp³-hybridized carbons (Fsp3) is 0.500. The zero-order valence-electron chi connectivity index (χ0n) is 15.5. The van der Waals surface area contributed by atoms with Crippen molar-refractivity contribution in [3.63, 3.8) is 0 Å². The zero-order valence-corrected chi connectivity index (χ0v) is 15.5. The monoisotopic (exact) mass is 345 g/mol. The number of unbranched alkanes of at least 4 members (excludes halogenated alkanes) is 1. The van der Waals surface area contributed by atoms with Gasteiger partial charge < -0.3 is 14.4 Å². The van der Waals surface area contributed by atoms with Gasteiger partial charge in [-0.2, -0.15) is 0 Å². The first-order chi connectivity index (χ1) is 11.7. The number of nitrogens with zero attached hydrogens (tertiary/aromatic N) is 1. The van der Waals surface area contributed by atoms with Crippen molar-refractivity contribution in [1.82, 2.24) is 4.57 Å². The van der Waals surface area contributed by atoms with E-state index in [0.717, 1.165) is 29.5 Å². The van der Waals surface area contributed by atoms with Gasteiger partial charge >= 0.3 is 5.97 Å². The molecule has 136 valence electrons. The van der Waals surface area contributed by atoms with E-state index in [4.69, 9.17) is 4.74 Å². The lowest BCUT2D eigenvalue weighted by Crippen LogP contribution is -2.23. The molecule has 0 amide bonds. The second kappa shape index (κ2) is 7.83. The first-order valence-electron chi connectivity index (χ1n) is 8.65. The van der Waals surface area contributed by atoms with Crippen LogP contribution < -0.4 is 5.56 Å². The molecule has 5 heteroatoms. The number of ether oxygens (including phenoxy) is 1. The molecule has 5 nitrogen and oxygen atoms in total. The summed E-state index contributed by atoms with van der Waals surface area (Å²) >= 11 is 0. The van der Waals surface area contributed by atoms with Gasteiger partial charge in [0.1, 0.15) is 5.60 Å². The molecule has 1 aromatic heterocycles. The first kappa shape index (κ1) is 19.2. The quantitative estimate of drug-likeness (QED) is 0.645. The van der Waals surface area contributed by atoms with Crippen LogP contribution in [0.5, 0.6) is 0 Å². The molecule has 25 heavy (non-hydrogen) atoms. The topological polar surface area (TPSA) is 68.5 Å². The third-order valence-corrected chi connectivity index (χ3v) is 4.07. The van der Waals surface area contributed by atoms with E-state index in [1.807, 2.05) is 32.9 Å². The molecular formula is C20H27NO4. The second-order valence-electron chi connectivity index (χ2n) is 7.37. The molecule has 0 atom stereocenters. The minimum Gasteiger partial charge on any atom is -0.460 e. The van der Waals surface area contributed by atoms with E-state index in [1.165, 1.54) is 0 Å². The van der Waals surface area contributed by atoms with Crippen molar-refractivity contribution in [2.75, 3.05) is 0 Å². The number of aromatic nitrogens is 1. The zero-order chi connectivity index (χ0) is 18.6. The van der Waals surface area contributed by atoms with Crippen LogP contribution in [0.4, 0.5) is 0 Å². The van der Waals surface area contributed by atoms with Crippen LogP contribution in [0.1, 0.15) is 51.3 Å². The number of aliphatic hydroxyl groups is 1. The second-order valence-corrected chi connectivity index (χ2v) is 7.37.